The van der Waals surface area contributed by atoms with E-state index in [-0.39, 0.29) is 0 Å². The number of imidazole rings is 1. The molecule has 1 atom stereocenters. The van der Waals surface area contributed by atoms with Crippen LogP contribution < -0.4 is 5.73 Å². The van der Waals surface area contributed by atoms with Crippen LogP contribution in [-0.2, 0) is 23.0 Å². The summed E-state index contributed by atoms with van der Waals surface area (Å²) in [5.74, 6) is 0.364. The van der Waals surface area contributed by atoms with E-state index in [4.69, 9.17) is 5.73 Å². The highest BCUT2D eigenvalue weighted by Crippen LogP contribution is 2.20. The summed E-state index contributed by atoms with van der Waals surface area (Å²) in [7, 11) is -3.06. The van der Waals surface area contributed by atoms with Gasteiger partial charge in [0.15, 0.2) is 0 Å². The predicted molar refractivity (Wildman–Crippen MR) is 74.1 cm³/mol. The Labute approximate surface area is 114 Å². The van der Waals surface area contributed by atoms with Crippen LogP contribution >= 0.6 is 0 Å². The van der Waals surface area contributed by atoms with E-state index in [1.165, 1.54) is 6.26 Å². The van der Waals surface area contributed by atoms with Crippen LogP contribution in [0, 0.1) is 5.92 Å². The molecule has 1 aromatic rings. The van der Waals surface area contributed by atoms with Crippen molar-refractivity contribution in [2.45, 2.75) is 25.8 Å². The Hall–Kier alpha value is -0.920. The van der Waals surface area contributed by atoms with E-state index in [1.54, 1.807) is 4.31 Å². The zero-order valence-corrected chi connectivity index (χ0v) is 12.1. The van der Waals surface area contributed by atoms with Crippen LogP contribution in [0.5, 0.6) is 0 Å². The van der Waals surface area contributed by atoms with E-state index in [9.17, 15) is 8.42 Å². The van der Waals surface area contributed by atoms with Crippen molar-refractivity contribution in [1.82, 2.24) is 13.9 Å². The van der Waals surface area contributed by atoms with Crippen molar-refractivity contribution < 1.29 is 8.42 Å². The van der Waals surface area contributed by atoms with Gasteiger partial charge in [0.2, 0.25) is 10.0 Å². The summed E-state index contributed by atoms with van der Waals surface area (Å²) in [5, 5.41) is 0. The van der Waals surface area contributed by atoms with Gasteiger partial charge in [-0.15, -0.1) is 0 Å². The summed E-state index contributed by atoms with van der Waals surface area (Å²) in [5.41, 5.74) is 6.50. The van der Waals surface area contributed by atoms with Crippen LogP contribution in [0.15, 0.2) is 12.5 Å². The van der Waals surface area contributed by atoms with Crippen LogP contribution in [0.3, 0.4) is 0 Å². The fourth-order valence-electron chi connectivity index (χ4n) is 2.56. The fourth-order valence-corrected chi connectivity index (χ4v) is 3.50. The number of piperidine rings is 1. The molecule has 1 aliphatic heterocycles. The van der Waals surface area contributed by atoms with E-state index in [0.717, 1.165) is 31.5 Å². The van der Waals surface area contributed by atoms with Crippen molar-refractivity contribution in [3.63, 3.8) is 0 Å². The normalized spacial score (nSPS) is 21.7. The second-order valence-electron chi connectivity index (χ2n) is 5.23. The first-order valence-electron chi connectivity index (χ1n) is 6.65. The molecular formula is C12H22N4O2S. The third kappa shape index (κ3) is 4.02. The molecule has 1 unspecified atom stereocenters. The molecule has 2 N–H and O–H groups in total. The van der Waals surface area contributed by atoms with Gasteiger partial charge in [-0.05, 0) is 25.3 Å². The standard InChI is InChI=1S/C12H22N4O2S/c1-19(17,18)16-6-2-3-11(8-16)7-15-9-12(4-5-13)14-10-15/h9-11H,2-8,13H2,1H3. The third-order valence-corrected chi connectivity index (χ3v) is 4.78. The van der Waals surface area contributed by atoms with Gasteiger partial charge in [0, 0.05) is 32.3 Å². The predicted octanol–water partition coefficient (Wildman–Crippen LogP) is 0.0559. The number of nitrogens with two attached hydrogens (primary N) is 1. The molecular weight excluding hydrogens is 264 g/mol. The van der Waals surface area contributed by atoms with Crippen LogP contribution in [0.2, 0.25) is 0 Å². The minimum Gasteiger partial charge on any atom is -0.337 e. The maximum Gasteiger partial charge on any atom is 0.211 e. The second-order valence-corrected chi connectivity index (χ2v) is 7.21. The number of aromatic nitrogens is 2. The molecule has 1 aliphatic rings. The Balaban J connectivity index is 1.94. The molecule has 19 heavy (non-hydrogen) atoms. The van der Waals surface area contributed by atoms with Gasteiger partial charge in [-0.1, -0.05) is 0 Å². The van der Waals surface area contributed by atoms with Gasteiger partial charge in [-0.25, -0.2) is 17.7 Å². The average molecular weight is 286 g/mol. The Morgan fingerprint density at radius 1 is 1.53 bits per heavy atom. The lowest BCUT2D eigenvalue weighted by atomic mass is 10.00. The van der Waals surface area contributed by atoms with Crippen molar-refractivity contribution in [3.05, 3.63) is 18.2 Å². The molecule has 1 aromatic heterocycles. The molecule has 108 valence electrons. The summed E-state index contributed by atoms with van der Waals surface area (Å²) in [6.45, 7) is 2.69. The highest BCUT2D eigenvalue weighted by atomic mass is 32.2. The average Bonchev–Trinajstić information content (AvgIpc) is 2.76. The van der Waals surface area contributed by atoms with E-state index in [2.05, 4.69) is 4.98 Å². The summed E-state index contributed by atoms with van der Waals surface area (Å²) >= 11 is 0. The molecule has 0 spiro atoms. The van der Waals surface area contributed by atoms with Gasteiger partial charge in [-0.2, -0.15) is 0 Å². The quantitative estimate of drug-likeness (QED) is 0.829. The largest absolute Gasteiger partial charge is 0.337 e. The third-order valence-electron chi connectivity index (χ3n) is 3.51. The molecule has 0 aliphatic carbocycles. The van der Waals surface area contributed by atoms with Gasteiger partial charge in [0.25, 0.3) is 0 Å². The van der Waals surface area contributed by atoms with E-state index in [0.29, 0.717) is 25.6 Å². The number of nitrogens with zero attached hydrogens (tertiary/aromatic N) is 3. The number of hydrogen-bond acceptors (Lipinski definition) is 4. The fraction of sp³-hybridized carbons (Fsp3) is 0.750. The number of rotatable bonds is 5. The molecule has 1 saturated heterocycles. The molecule has 1 fully saturated rings. The van der Waals surface area contributed by atoms with Crippen LogP contribution in [0.25, 0.3) is 0 Å². The first-order valence-corrected chi connectivity index (χ1v) is 8.49. The van der Waals surface area contributed by atoms with Crippen LogP contribution in [0.4, 0.5) is 0 Å². The Morgan fingerprint density at radius 2 is 2.32 bits per heavy atom. The lowest BCUT2D eigenvalue weighted by Crippen LogP contribution is -2.40. The van der Waals surface area contributed by atoms with Gasteiger partial charge in [0.05, 0.1) is 18.3 Å². The maximum atomic E-state index is 11.6. The van der Waals surface area contributed by atoms with E-state index < -0.39 is 10.0 Å². The minimum atomic E-state index is -3.06. The topological polar surface area (TPSA) is 81.2 Å². The molecule has 2 heterocycles. The second kappa shape index (κ2) is 6.02. The first-order chi connectivity index (χ1) is 8.99. The maximum absolute atomic E-state index is 11.6. The lowest BCUT2D eigenvalue weighted by molar-refractivity contribution is 0.246. The van der Waals surface area contributed by atoms with Crippen LogP contribution in [0.1, 0.15) is 18.5 Å². The zero-order chi connectivity index (χ0) is 13.9. The lowest BCUT2D eigenvalue weighted by Gasteiger charge is -2.31. The molecule has 2 rings (SSSR count). The van der Waals surface area contributed by atoms with Gasteiger partial charge < -0.3 is 10.3 Å². The Kier molecular flexibility index (Phi) is 4.59. The molecule has 6 nitrogen and oxygen atoms in total. The Bertz CT molecular complexity index is 512. The number of sulfonamides is 1. The Morgan fingerprint density at radius 3 is 3.00 bits per heavy atom. The van der Waals surface area contributed by atoms with Crippen molar-refractivity contribution in [3.8, 4) is 0 Å². The van der Waals surface area contributed by atoms with Crippen LogP contribution in [-0.4, -0.2) is 48.2 Å². The van der Waals surface area contributed by atoms with E-state index in [1.807, 2.05) is 17.1 Å². The highest BCUT2D eigenvalue weighted by molar-refractivity contribution is 7.88. The van der Waals surface area contributed by atoms with Gasteiger partial charge in [0.1, 0.15) is 0 Å². The molecule has 0 bridgehead atoms. The molecule has 0 radical (unpaired) electrons. The summed E-state index contributed by atoms with van der Waals surface area (Å²) < 4.78 is 26.8. The monoisotopic (exact) mass is 286 g/mol. The molecule has 0 amide bonds. The van der Waals surface area contributed by atoms with Crippen molar-refractivity contribution in [2.24, 2.45) is 11.7 Å². The SMILES string of the molecule is CS(=O)(=O)N1CCCC(Cn2cnc(CCN)c2)C1. The number of hydrogen-bond donors (Lipinski definition) is 1. The van der Waals surface area contributed by atoms with Crippen molar-refractivity contribution in [1.29, 1.82) is 0 Å². The molecule has 0 saturated carbocycles. The highest BCUT2D eigenvalue weighted by Gasteiger charge is 2.25. The van der Waals surface area contributed by atoms with E-state index >= 15 is 0 Å². The first kappa shape index (κ1) is 14.5. The summed E-state index contributed by atoms with van der Waals surface area (Å²) in [6, 6.07) is 0. The minimum absolute atomic E-state index is 0.364. The smallest absolute Gasteiger partial charge is 0.211 e. The molecule has 7 heteroatoms. The zero-order valence-electron chi connectivity index (χ0n) is 11.3. The van der Waals surface area contributed by atoms with Crippen molar-refractivity contribution >= 4 is 10.0 Å². The molecule has 0 aromatic carbocycles. The summed E-state index contributed by atoms with van der Waals surface area (Å²) in [6.07, 6.45) is 7.88. The van der Waals surface area contributed by atoms with Crippen molar-refractivity contribution in [2.75, 3.05) is 25.9 Å². The van der Waals surface area contributed by atoms with Gasteiger partial charge >= 0.3 is 0 Å². The van der Waals surface area contributed by atoms with Gasteiger partial charge in [-0.3, -0.25) is 0 Å². The summed E-state index contributed by atoms with van der Waals surface area (Å²) in [4.78, 5) is 4.29.